The predicted octanol–water partition coefficient (Wildman–Crippen LogP) is 3.25. The fourth-order valence-electron chi connectivity index (χ4n) is 3.64. The second-order valence-electron chi connectivity index (χ2n) is 6.93. The molecule has 1 aromatic heterocycles. The Balaban J connectivity index is 1.48. The molecule has 1 fully saturated rings. The third kappa shape index (κ3) is 3.93. The maximum atomic E-state index is 14.0. The van der Waals surface area contributed by atoms with Gasteiger partial charge in [-0.2, -0.15) is 0 Å². The highest BCUT2D eigenvalue weighted by atomic mass is 19.1. The number of halogens is 2. The Hall–Kier alpha value is -3.00. The minimum absolute atomic E-state index is 0.175. The number of rotatable bonds is 5. The molecule has 8 heteroatoms. The van der Waals surface area contributed by atoms with Crippen molar-refractivity contribution in [2.75, 3.05) is 45.3 Å². The van der Waals surface area contributed by atoms with Crippen LogP contribution < -0.4 is 14.4 Å². The monoisotopic (exact) mass is 400 g/mol. The highest BCUT2D eigenvalue weighted by molar-refractivity contribution is 5.90. The molecule has 2 aromatic carbocycles. The van der Waals surface area contributed by atoms with E-state index in [0.717, 1.165) is 42.9 Å². The zero-order valence-corrected chi connectivity index (χ0v) is 16.4. The summed E-state index contributed by atoms with van der Waals surface area (Å²) in [7, 11) is 2.90. The minimum atomic E-state index is -0.443. The van der Waals surface area contributed by atoms with Crippen molar-refractivity contribution in [3.05, 3.63) is 53.9 Å². The van der Waals surface area contributed by atoms with E-state index in [0.29, 0.717) is 12.1 Å². The Morgan fingerprint density at radius 3 is 2.31 bits per heavy atom. The lowest BCUT2D eigenvalue weighted by atomic mass is 10.1. The van der Waals surface area contributed by atoms with Crippen LogP contribution >= 0.6 is 0 Å². The summed E-state index contributed by atoms with van der Waals surface area (Å²) in [6.45, 7) is 3.78. The topological polar surface area (TPSA) is 50.7 Å². The Bertz CT molecular complexity index is 1020. The number of ether oxygens (including phenoxy) is 2. The van der Waals surface area contributed by atoms with Crippen LogP contribution in [0.4, 0.5) is 14.6 Å². The summed E-state index contributed by atoms with van der Waals surface area (Å²) in [6, 6.07) is 8.07. The van der Waals surface area contributed by atoms with E-state index >= 15 is 0 Å². The Labute approximate surface area is 167 Å². The number of piperazine rings is 1. The van der Waals surface area contributed by atoms with E-state index in [-0.39, 0.29) is 17.3 Å². The van der Waals surface area contributed by atoms with Gasteiger partial charge in [-0.1, -0.05) is 6.07 Å². The van der Waals surface area contributed by atoms with Crippen molar-refractivity contribution in [2.45, 2.75) is 6.54 Å². The van der Waals surface area contributed by atoms with Gasteiger partial charge in [-0.25, -0.2) is 18.7 Å². The summed E-state index contributed by atoms with van der Waals surface area (Å²) in [5.41, 5.74) is 1.45. The number of aromatic nitrogens is 2. The summed E-state index contributed by atoms with van der Waals surface area (Å²) in [4.78, 5) is 13.0. The quantitative estimate of drug-likeness (QED) is 0.655. The van der Waals surface area contributed by atoms with Gasteiger partial charge >= 0.3 is 0 Å². The van der Waals surface area contributed by atoms with Crippen molar-refractivity contribution < 1.29 is 18.3 Å². The van der Waals surface area contributed by atoms with Gasteiger partial charge in [0.1, 0.15) is 12.1 Å². The molecule has 0 radical (unpaired) electrons. The highest BCUT2D eigenvalue weighted by Gasteiger charge is 2.21. The number of hydrogen-bond donors (Lipinski definition) is 0. The second kappa shape index (κ2) is 8.16. The van der Waals surface area contributed by atoms with Crippen molar-refractivity contribution in [1.29, 1.82) is 0 Å². The van der Waals surface area contributed by atoms with Crippen LogP contribution in [0.15, 0.2) is 36.7 Å². The van der Waals surface area contributed by atoms with Crippen LogP contribution in [-0.4, -0.2) is 55.3 Å². The van der Waals surface area contributed by atoms with Crippen LogP contribution in [0.3, 0.4) is 0 Å². The van der Waals surface area contributed by atoms with Gasteiger partial charge in [0.15, 0.2) is 23.1 Å². The average molecular weight is 400 g/mol. The summed E-state index contributed by atoms with van der Waals surface area (Å²) >= 11 is 0. The lowest BCUT2D eigenvalue weighted by Crippen LogP contribution is -2.46. The molecule has 6 nitrogen and oxygen atoms in total. The van der Waals surface area contributed by atoms with Crippen molar-refractivity contribution in [1.82, 2.24) is 14.9 Å². The standard InChI is InChI=1S/C21H22F2N4O2/c1-28-19-4-3-14(9-16(19)22)12-26-5-7-27(8-6-26)21-15-10-20(29-2)17(23)11-18(15)24-13-25-21/h3-4,9-11,13H,5-8,12H2,1-2H3. The molecule has 152 valence electrons. The molecular weight excluding hydrogens is 378 g/mol. The zero-order chi connectivity index (χ0) is 20.4. The summed E-state index contributed by atoms with van der Waals surface area (Å²) in [6.07, 6.45) is 1.45. The largest absolute Gasteiger partial charge is 0.494 e. The van der Waals surface area contributed by atoms with Crippen LogP contribution in [0.1, 0.15) is 5.56 Å². The van der Waals surface area contributed by atoms with Gasteiger partial charge in [0.2, 0.25) is 0 Å². The van der Waals surface area contributed by atoms with Gasteiger partial charge in [0.25, 0.3) is 0 Å². The molecule has 4 rings (SSSR count). The first-order chi connectivity index (χ1) is 14.1. The molecule has 0 amide bonds. The van der Waals surface area contributed by atoms with E-state index in [1.807, 2.05) is 6.07 Å². The van der Waals surface area contributed by atoms with Gasteiger partial charge in [-0.15, -0.1) is 0 Å². The second-order valence-corrected chi connectivity index (χ2v) is 6.93. The number of methoxy groups -OCH3 is 2. The van der Waals surface area contributed by atoms with Crippen molar-refractivity contribution in [3.8, 4) is 11.5 Å². The van der Waals surface area contributed by atoms with Crippen LogP contribution in [0.25, 0.3) is 10.9 Å². The fraction of sp³-hybridized carbons (Fsp3) is 0.333. The molecule has 0 unspecified atom stereocenters. The molecule has 2 heterocycles. The van der Waals surface area contributed by atoms with Gasteiger partial charge in [-0.05, 0) is 23.8 Å². The fourth-order valence-corrected chi connectivity index (χ4v) is 3.64. The lowest BCUT2D eigenvalue weighted by molar-refractivity contribution is 0.249. The highest BCUT2D eigenvalue weighted by Crippen LogP contribution is 2.30. The maximum absolute atomic E-state index is 14.0. The average Bonchev–Trinajstić information content (AvgIpc) is 2.73. The summed E-state index contributed by atoms with van der Waals surface area (Å²) < 4.78 is 38.0. The third-order valence-corrected chi connectivity index (χ3v) is 5.18. The molecule has 1 saturated heterocycles. The van der Waals surface area contributed by atoms with Crippen LogP contribution in [0, 0.1) is 11.6 Å². The SMILES string of the molecule is COc1ccc(CN2CCN(c3ncnc4cc(F)c(OC)cc34)CC2)cc1F. The molecule has 0 bridgehead atoms. The van der Waals surface area contributed by atoms with E-state index in [2.05, 4.69) is 19.8 Å². The van der Waals surface area contributed by atoms with Gasteiger partial charge in [0.05, 0.1) is 19.7 Å². The number of nitrogens with zero attached hydrogens (tertiary/aromatic N) is 4. The van der Waals surface area contributed by atoms with E-state index in [4.69, 9.17) is 9.47 Å². The predicted molar refractivity (Wildman–Crippen MR) is 106 cm³/mol. The molecule has 29 heavy (non-hydrogen) atoms. The number of hydrogen-bond acceptors (Lipinski definition) is 6. The van der Waals surface area contributed by atoms with Crippen molar-refractivity contribution in [2.24, 2.45) is 0 Å². The van der Waals surface area contributed by atoms with Crippen LogP contribution in [0.2, 0.25) is 0 Å². The summed E-state index contributed by atoms with van der Waals surface area (Å²) in [5.74, 6) is 0.400. The molecule has 0 atom stereocenters. The van der Waals surface area contributed by atoms with Crippen molar-refractivity contribution in [3.63, 3.8) is 0 Å². The van der Waals surface area contributed by atoms with E-state index in [9.17, 15) is 8.78 Å². The Morgan fingerprint density at radius 1 is 0.897 bits per heavy atom. The Morgan fingerprint density at radius 2 is 1.62 bits per heavy atom. The third-order valence-electron chi connectivity index (χ3n) is 5.18. The maximum Gasteiger partial charge on any atom is 0.167 e. The first-order valence-corrected chi connectivity index (χ1v) is 9.37. The molecular formula is C21H22F2N4O2. The van der Waals surface area contributed by atoms with Gasteiger partial charge in [0, 0.05) is 44.2 Å². The number of fused-ring (bicyclic) bond motifs is 1. The normalized spacial score (nSPS) is 15.0. The minimum Gasteiger partial charge on any atom is -0.494 e. The smallest absolute Gasteiger partial charge is 0.167 e. The number of benzene rings is 2. The summed E-state index contributed by atoms with van der Waals surface area (Å²) in [5, 5.41) is 0.761. The molecule has 1 aliphatic heterocycles. The number of anilines is 1. The zero-order valence-electron chi connectivity index (χ0n) is 16.4. The first kappa shape index (κ1) is 19.3. The Kier molecular flexibility index (Phi) is 5.44. The molecule has 0 saturated carbocycles. The first-order valence-electron chi connectivity index (χ1n) is 9.37. The van der Waals surface area contributed by atoms with Crippen LogP contribution in [-0.2, 0) is 6.54 Å². The van der Waals surface area contributed by atoms with E-state index < -0.39 is 5.82 Å². The van der Waals surface area contributed by atoms with E-state index in [1.165, 1.54) is 32.7 Å². The van der Waals surface area contributed by atoms with Crippen LogP contribution in [0.5, 0.6) is 11.5 Å². The molecule has 0 N–H and O–H groups in total. The van der Waals surface area contributed by atoms with Gasteiger partial charge in [-0.3, -0.25) is 4.90 Å². The molecule has 3 aromatic rings. The molecule has 0 spiro atoms. The molecule has 0 aliphatic carbocycles. The lowest BCUT2D eigenvalue weighted by Gasteiger charge is -2.35. The van der Waals surface area contributed by atoms with Crippen molar-refractivity contribution >= 4 is 16.7 Å². The van der Waals surface area contributed by atoms with E-state index in [1.54, 1.807) is 12.1 Å². The van der Waals surface area contributed by atoms with Gasteiger partial charge < -0.3 is 14.4 Å². The molecule has 1 aliphatic rings.